The van der Waals surface area contributed by atoms with Crippen LogP contribution in [-0.2, 0) is 0 Å². The van der Waals surface area contributed by atoms with Gasteiger partial charge in [-0.2, -0.15) is 5.26 Å². The van der Waals surface area contributed by atoms with Crippen molar-refractivity contribution >= 4 is 245 Å². The van der Waals surface area contributed by atoms with Gasteiger partial charge in [-0.1, -0.05) is 207 Å². The zero-order valence-corrected chi connectivity index (χ0v) is 65.2. The lowest BCUT2D eigenvalue weighted by Gasteiger charge is -2.16. The SMILES string of the molecule is [C-]#[N+]c1c([N+]#[C-])c(C#N)c2c(c(/C=C\c3ccccc3C)c(C)c3nc4ccccc4n32)c1[N+]#[C-].[C-]#[N+]c1cc2c(c([N+]#[C-])c1[N+]#[C-])c1ccc3ccccc3c1c1nc3ccccc3n21.[C-]#[N+]c1cc2c3ccc4ccccc4c3c3nc4ccccc4n3c2cc1[N+]#[C-].[C-]#[N+]c1nc2c3ccc4ccccc4c3c3nc4ccccc4n3c2nc1[N+]#[C-]. The number of para-hydroxylation sites is 8. The maximum Gasteiger partial charge on any atom is 0.295 e. The zero-order valence-electron chi connectivity index (χ0n) is 65.2. The highest BCUT2D eigenvalue weighted by Gasteiger charge is 2.30. The van der Waals surface area contributed by atoms with Crippen molar-refractivity contribution in [3.05, 3.63) is 391 Å². The van der Waals surface area contributed by atoms with Crippen LogP contribution in [0.4, 0.5) is 57.1 Å². The van der Waals surface area contributed by atoms with Gasteiger partial charge in [0.05, 0.1) is 108 Å². The molecular weight excluding hydrogens is 1530 g/mol. The predicted octanol–water partition coefficient (Wildman–Crippen LogP) is 28.4. The summed E-state index contributed by atoms with van der Waals surface area (Å²) in [7, 11) is 0. The summed E-state index contributed by atoms with van der Waals surface area (Å²) in [5.41, 5.74) is 18.0. The van der Waals surface area contributed by atoms with E-state index in [0.717, 1.165) is 159 Å². The summed E-state index contributed by atoms with van der Waals surface area (Å²) in [5, 5.41) is 24.6. The monoisotopic (exact) mass is 1580 g/mol. The van der Waals surface area contributed by atoms with E-state index >= 15 is 0 Å². The van der Waals surface area contributed by atoms with Gasteiger partial charge >= 0.3 is 0 Å². The van der Waals surface area contributed by atoms with Crippen LogP contribution in [-0.4, -0.2) is 47.5 Å². The van der Waals surface area contributed by atoms with Crippen LogP contribution in [0.15, 0.2) is 249 Å². The van der Waals surface area contributed by atoms with E-state index < -0.39 is 0 Å². The fourth-order valence-electron chi connectivity index (χ4n) is 17.4. The first-order valence-corrected chi connectivity index (χ1v) is 38.6. The predicted molar refractivity (Wildman–Crippen MR) is 494 cm³/mol. The third kappa shape index (κ3) is 11.0. The number of aryl methyl sites for hydroxylation is 2. The van der Waals surface area contributed by atoms with Gasteiger partial charge in [-0.15, -0.1) is 9.97 Å². The minimum Gasteiger partial charge on any atom is -0.370 e. The van der Waals surface area contributed by atoms with Crippen molar-refractivity contribution in [3.8, 4) is 6.07 Å². The molecule has 21 nitrogen and oxygen atoms in total. The molecule has 9 aromatic heterocycles. The second-order valence-electron chi connectivity index (χ2n) is 29.2. The molecule has 0 radical (unpaired) electrons. The molecule has 21 heteroatoms. The highest BCUT2D eigenvalue weighted by Crippen LogP contribution is 2.53. The molecular formula is C103H49N21. The Hall–Kier alpha value is -19.3. The molecule has 0 aliphatic heterocycles. The van der Waals surface area contributed by atoms with Crippen LogP contribution >= 0.6 is 0 Å². The van der Waals surface area contributed by atoms with Gasteiger partial charge < -0.3 is 9.69 Å². The molecule has 0 unspecified atom stereocenters. The van der Waals surface area contributed by atoms with Gasteiger partial charge in [0.2, 0.25) is 22.6 Å². The van der Waals surface area contributed by atoms with Crippen molar-refractivity contribution in [2.45, 2.75) is 13.8 Å². The number of rotatable bonds is 2. The van der Waals surface area contributed by atoms with Crippen LogP contribution in [0.3, 0.4) is 0 Å². The molecule has 0 aliphatic rings. The molecule has 0 aliphatic carbocycles. The number of hydrogen-bond acceptors (Lipinski definition) is 7. The highest BCUT2D eigenvalue weighted by molar-refractivity contribution is 6.29. The number of nitriles is 1. The second kappa shape index (κ2) is 29.1. The summed E-state index contributed by atoms with van der Waals surface area (Å²) in [6, 6.07) is 83.6. The van der Waals surface area contributed by atoms with E-state index in [1.54, 1.807) is 6.07 Å². The van der Waals surface area contributed by atoms with Crippen molar-refractivity contribution in [1.29, 1.82) is 5.26 Å². The smallest absolute Gasteiger partial charge is 0.295 e. The van der Waals surface area contributed by atoms with Crippen molar-refractivity contribution in [1.82, 2.24) is 47.5 Å². The summed E-state index contributed by atoms with van der Waals surface area (Å²) < 4.78 is 7.95. The van der Waals surface area contributed by atoms with Gasteiger partial charge in [-0.3, -0.25) is 56.4 Å². The van der Waals surface area contributed by atoms with Crippen LogP contribution in [0.1, 0.15) is 27.8 Å². The van der Waals surface area contributed by atoms with Crippen LogP contribution in [0, 0.1) is 90.9 Å². The van der Waals surface area contributed by atoms with E-state index in [2.05, 4.69) is 117 Å². The van der Waals surface area contributed by atoms with Gasteiger partial charge in [0.1, 0.15) is 22.6 Å². The zero-order chi connectivity index (χ0) is 84.9. The summed E-state index contributed by atoms with van der Waals surface area (Å²) in [5.74, 6) is 0.0254. The van der Waals surface area contributed by atoms with Crippen molar-refractivity contribution in [2.75, 3.05) is 0 Å². The third-order valence-corrected chi connectivity index (χ3v) is 22.9. The van der Waals surface area contributed by atoms with Crippen LogP contribution in [0.2, 0.25) is 0 Å². The van der Waals surface area contributed by atoms with Gasteiger partial charge in [-0.25, -0.2) is 19.9 Å². The summed E-state index contributed by atoms with van der Waals surface area (Å²) in [6.45, 7) is 80.3. The van der Waals surface area contributed by atoms with Gasteiger partial charge in [0.15, 0.2) is 28.4 Å². The van der Waals surface area contributed by atoms with Gasteiger partial charge in [0.25, 0.3) is 17.3 Å². The molecule has 0 bridgehead atoms. The Morgan fingerprint density at radius 3 is 1.26 bits per heavy atom. The average molecular weight is 1580 g/mol. The molecule has 0 atom stereocenters. The van der Waals surface area contributed by atoms with E-state index in [1.165, 1.54) is 0 Å². The quantitative estimate of drug-likeness (QED) is 0.123. The minimum atomic E-state index is -0.0993. The van der Waals surface area contributed by atoms with Gasteiger partial charge in [0, 0.05) is 38.1 Å². The Morgan fingerprint density at radius 2 is 0.726 bits per heavy atom. The summed E-state index contributed by atoms with van der Waals surface area (Å²) >= 11 is 0. The molecule has 0 saturated heterocycles. The lowest BCUT2D eigenvalue weighted by Crippen LogP contribution is -1.99. The van der Waals surface area contributed by atoms with Crippen molar-refractivity contribution in [3.63, 3.8) is 0 Å². The van der Waals surface area contributed by atoms with E-state index in [4.69, 9.17) is 85.7 Å². The first kappa shape index (κ1) is 73.6. The minimum absolute atomic E-state index is 0.00622. The van der Waals surface area contributed by atoms with E-state index in [-0.39, 0.29) is 51.3 Å². The number of nitrogens with zero attached hydrogens (tertiary/aromatic N) is 21. The Kier molecular flexibility index (Phi) is 17.3. The van der Waals surface area contributed by atoms with Crippen LogP contribution in [0.5, 0.6) is 0 Å². The number of fused-ring (bicyclic) bond motifs is 35. The lowest BCUT2D eigenvalue weighted by molar-refractivity contribution is 1.22. The molecule has 0 fully saturated rings. The van der Waals surface area contributed by atoms with E-state index in [1.807, 2.05) is 233 Å². The fourth-order valence-corrected chi connectivity index (χ4v) is 17.4. The number of aromatic nitrogens is 10. The number of imidazole rings is 4. The Balaban J connectivity index is 0.000000105. The van der Waals surface area contributed by atoms with Crippen molar-refractivity contribution in [2.24, 2.45) is 0 Å². The summed E-state index contributed by atoms with van der Waals surface area (Å²) in [4.78, 5) is 64.4. The summed E-state index contributed by atoms with van der Waals surface area (Å²) in [6.07, 6.45) is 3.89. The maximum atomic E-state index is 10.2. The first-order chi connectivity index (χ1) is 60.9. The molecule has 0 N–H and O–H groups in total. The normalized spacial score (nSPS) is 11.2. The first-order valence-electron chi connectivity index (χ1n) is 38.6. The highest BCUT2D eigenvalue weighted by atomic mass is 15.1. The Labute approximate surface area is 703 Å². The molecule has 23 aromatic rings. The van der Waals surface area contributed by atoms with Gasteiger partial charge in [-0.05, 0) is 162 Å². The Morgan fingerprint density at radius 1 is 0.298 bits per heavy atom. The largest absolute Gasteiger partial charge is 0.370 e. The van der Waals surface area contributed by atoms with Crippen LogP contribution < -0.4 is 0 Å². The molecule has 0 spiro atoms. The molecule has 14 aromatic carbocycles. The lowest BCUT2D eigenvalue weighted by atomic mass is 9.95. The average Bonchev–Trinajstić information content (AvgIpc) is 1.48. The standard InChI is InChI=1S/C29H16N6.C26H11N5.C25H12N4.C23H10N6/c1-17-10-6-7-11-19(17)14-15-20-18(2)29-34-22-12-8-9-13-23(22)35(29)28-21(16-30)25(31-3)27(33-5)26(32-4)24(20)28;1-27-19-14-21-23(25(29-3)24(19)28-2)17-13-12-15-8-4-5-9-16(15)22(17)26-30-18-10-6-7-11-20(18)31(21)26;1-26-20-13-18-17-12-11-15-7-3-4-8-16(15)24(17)25-28-19-9-5-6-10-22(19)29(25)23(18)14-21(20)27-2;1-24-20-21(25-2)28-23-19(27-20)15-12-11-13-7-3-4-8-14(13)18(15)22-26-16-9-5-6-10-17(16)29(22)23/h6-15H,1-2H3;4-14H;3-14H;3-12H/b15-14-;;;. The number of pyridine rings is 4. The molecule has 0 saturated carbocycles. The number of benzene rings is 14. The van der Waals surface area contributed by atoms with Crippen LogP contribution in [0.25, 0.3) is 236 Å². The molecule has 566 valence electrons. The molecule has 9 heterocycles. The molecule has 124 heavy (non-hydrogen) atoms. The second-order valence-corrected chi connectivity index (χ2v) is 29.2. The maximum absolute atomic E-state index is 10.2. The molecule has 0 amide bonds. The third-order valence-electron chi connectivity index (χ3n) is 22.9. The topological polar surface area (TPSA) is 162 Å². The molecule has 23 rings (SSSR count). The van der Waals surface area contributed by atoms with Crippen molar-refractivity contribution < 1.29 is 0 Å². The fraction of sp³-hybridized carbons (Fsp3) is 0.0194. The number of hydrogen-bond donors (Lipinski definition) is 0. The van der Waals surface area contributed by atoms with E-state index in [9.17, 15) is 5.26 Å². The Bertz CT molecular complexity index is 9140. The van der Waals surface area contributed by atoms with E-state index in [0.29, 0.717) is 50.0 Å².